The fourth-order valence-corrected chi connectivity index (χ4v) is 6.21. The number of benzene rings is 1. The molecule has 12 nitrogen and oxygen atoms in total. The Bertz CT molecular complexity index is 1510. The minimum atomic E-state index is -1.16. The number of carbonyl (C=O) groups excluding carboxylic acids is 5. The molecule has 1 saturated heterocycles. The van der Waals surface area contributed by atoms with Crippen LogP contribution in [0.5, 0.6) is 0 Å². The molecular formula is C33H41ClN6O6. The molecule has 0 unspecified atom stereocenters. The fraction of sp³-hybridized carbons (Fsp3) is 0.606. The highest BCUT2D eigenvalue weighted by molar-refractivity contribution is 6.38. The Morgan fingerprint density at radius 2 is 1.89 bits per heavy atom. The number of nitrogens with one attached hydrogen (secondary N) is 3. The van der Waals surface area contributed by atoms with Gasteiger partial charge in [0, 0.05) is 29.5 Å². The highest BCUT2D eigenvalue weighted by atomic mass is 35.5. The number of Topliss-reactive ketones (excluding diaryl/α,β-unsaturated/α-hetero) is 1. The molecule has 0 aromatic heterocycles. The van der Waals surface area contributed by atoms with Crippen LogP contribution in [0.4, 0.5) is 0 Å². The largest absolute Gasteiger partial charge is 0.387 e. The van der Waals surface area contributed by atoms with Crippen molar-refractivity contribution in [2.45, 2.75) is 109 Å². The van der Waals surface area contributed by atoms with E-state index in [-0.39, 0.29) is 31.8 Å². The molecule has 2 saturated carbocycles. The van der Waals surface area contributed by atoms with Crippen LogP contribution in [0.1, 0.15) is 84.6 Å². The maximum atomic E-state index is 14.4. The van der Waals surface area contributed by atoms with Gasteiger partial charge < -0.3 is 25.7 Å². The second-order valence-electron chi connectivity index (χ2n) is 14.1. The van der Waals surface area contributed by atoms with Gasteiger partial charge in [0.15, 0.2) is 5.60 Å². The number of halogens is 1. The second-order valence-corrected chi connectivity index (χ2v) is 14.6. The van der Waals surface area contributed by atoms with Crippen LogP contribution in [0, 0.1) is 22.2 Å². The van der Waals surface area contributed by atoms with Gasteiger partial charge in [0.05, 0.1) is 24.4 Å². The zero-order valence-corrected chi connectivity index (χ0v) is 27.4. The average Bonchev–Trinajstić information content (AvgIpc) is 3.93. The fourth-order valence-electron chi connectivity index (χ4n) is 6.02. The summed E-state index contributed by atoms with van der Waals surface area (Å²) >= 11 is 6.21. The molecule has 3 fully saturated rings. The summed E-state index contributed by atoms with van der Waals surface area (Å²) in [6.45, 7) is 7.21. The Hall–Kier alpha value is -3.98. The van der Waals surface area contributed by atoms with Gasteiger partial charge in [-0.05, 0) is 49.7 Å². The SMILES string of the molecule is CCC[C@H](NC(=O)[C@@H]1C[C@]2(CC(c3cccc(Cl)c3)=NO2)CN1C(=O)[C@@H](NC(=O)C1(C#N)CC1)C(C)(C)C)C(=O)C(=O)NC1CC1. The van der Waals surface area contributed by atoms with E-state index in [9.17, 15) is 29.2 Å². The number of hydrogen-bond acceptors (Lipinski definition) is 8. The van der Waals surface area contributed by atoms with E-state index in [4.69, 9.17) is 16.4 Å². The van der Waals surface area contributed by atoms with Crippen molar-refractivity contribution in [1.29, 1.82) is 5.26 Å². The number of likely N-dealkylation sites (tertiary alicyclic amines) is 1. The van der Waals surface area contributed by atoms with E-state index in [2.05, 4.69) is 27.2 Å². The Balaban J connectivity index is 1.41. The van der Waals surface area contributed by atoms with Gasteiger partial charge in [-0.25, -0.2) is 0 Å². The molecule has 2 aliphatic carbocycles. The average molecular weight is 653 g/mol. The van der Waals surface area contributed by atoms with Crippen molar-refractivity contribution in [1.82, 2.24) is 20.9 Å². The van der Waals surface area contributed by atoms with Crippen LogP contribution in [0.2, 0.25) is 5.02 Å². The minimum Gasteiger partial charge on any atom is -0.387 e. The molecule has 4 aliphatic rings. The van der Waals surface area contributed by atoms with Gasteiger partial charge >= 0.3 is 0 Å². The van der Waals surface area contributed by atoms with E-state index >= 15 is 0 Å². The van der Waals surface area contributed by atoms with Crippen LogP contribution in [0.15, 0.2) is 29.4 Å². The van der Waals surface area contributed by atoms with Crippen LogP contribution < -0.4 is 16.0 Å². The van der Waals surface area contributed by atoms with Crippen molar-refractivity contribution < 1.29 is 28.8 Å². The Morgan fingerprint density at radius 3 is 2.48 bits per heavy atom. The van der Waals surface area contributed by atoms with Gasteiger partial charge in [-0.2, -0.15) is 5.26 Å². The number of amides is 4. The quantitative estimate of drug-likeness (QED) is 0.309. The van der Waals surface area contributed by atoms with Crippen molar-refractivity contribution in [2.24, 2.45) is 16.0 Å². The van der Waals surface area contributed by atoms with E-state index in [0.29, 0.717) is 30.0 Å². The molecule has 3 N–H and O–H groups in total. The van der Waals surface area contributed by atoms with Crippen molar-refractivity contribution in [3.05, 3.63) is 34.9 Å². The molecule has 1 spiro atoms. The third-order valence-electron chi connectivity index (χ3n) is 9.12. The van der Waals surface area contributed by atoms with Crippen LogP contribution in [0.25, 0.3) is 0 Å². The molecule has 1 aromatic rings. The number of nitriles is 1. The Morgan fingerprint density at radius 1 is 1.17 bits per heavy atom. The van der Waals surface area contributed by atoms with Gasteiger partial charge in [0.25, 0.3) is 5.91 Å². The summed E-state index contributed by atoms with van der Waals surface area (Å²) in [5, 5.41) is 22.7. The number of oxime groups is 1. The minimum absolute atomic E-state index is 0.0160. The first-order chi connectivity index (χ1) is 21.7. The second kappa shape index (κ2) is 12.7. The molecule has 4 atom stereocenters. The predicted molar refractivity (Wildman–Crippen MR) is 168 cm³/mol. The van der Waals surface area contributed by atoms with Crippen LogP contribution in [-0.4, -0.2) is 76.3 Å². The summed E-state index contributed by atoms with van der Waals surface area (Å²) in [7, 11) is 0. The third-order valence-corrected chi connectivity index (χ3v) is 9.35. The normalized spacial score (nSPS) is 24.2. The van der Waals surface area contributed by atoms with E-state index in [1.54, 1.807) is 39.0 Å². The van der Waals surface area contributed by atoms with Crippen molar-refractivity contribution in [3.8, 4) is 6.07 Å². The van der Waals surface area contributed by atoms with E-state index < -0.39 is 64.0 Å². The summed E-state index contributed by atoms with van der Waals surface area (Å²) in [4.78, 5) is 74.7. The standard InChI is InChI=1S/C33H41ClN6O6/c1-5-7-22(25(41)28(43)36-21-10-11-21)37-27(42)24-16-33(15-23(39-46-33)19-8-6-9-20(34)14-19)18-40(24)29(44)26(31(2,3)4)38-30(45)32(17-35)12-13-32/h6,8-9,14,21-22,24,26H,5,7,10-13,15-16,18H2,1-4H3,(H,36,43)(H,37,42)(H,38,45)/t22-,24-,26+,33+/m0/s1. The molecule has 13 heteroatoms. The first-order valence-corrected chi connectivity index (χ1v) is 16.3. The molecule has 0 bridgehead atoms. The molecule has 4 amide bonds. The van der Waals surface area contributed by atoms with Crippen LogP contribution in [0.3, 0.4) is 0 Å². The molecule has 46 heavy (non-hydrogen) atoms. The lowest BCUT2D eigenvalue weighted by Gasteiger charge is -2.36. The topological polar surface area (TPSA) is 170 Å². The van der Waals surface area contributed by atoms with Crippen LogP contribution in [-0.2, 0) is 28.8 Å². The molecule has 5 rings (SSSR count). The van der Waals surface area contributed by atoms with Gasteiger partial charge in [0.2, 0.25) is 23.5 Å². The van der Waals surface area contributed by atoms with Gasteiger partial charge in [0.1, 0.15) is 17.5 Å². The van der Waals surface area contributed by atoms with Gasteiger partial charge in [-0.3, -0.25) is 24.0 Å². The lowest BCUT2D eigenvalue weighted by Crippen LogP contribution is -2.59. The van der Waals surface area contributed by atoms with E-state index in [0.717, 1.165) is 18.4 Å². The van der Waals surface area contributed by atoms with E-state index in [1.807, 2.05) is 13.0 Å². The van der Waals surface area contributed by atoms with Crippen molar-refractivity contribution in [2.75, 3.05) is 6.54 Å². The van der Waals surface area contributed by atoms with Crippen molar-refractivity contribution >= 4 is 46.7 Å². The summed E-state index contributed by atoms with van der Waals surface area (Å²) in [5.41, 5.74) is -1.64. The molecule has 246 valence electrons. The molecule has 2 aliphatic heterocycles. The number of ketones is 1. The maximum Gasteiger partial charge on any atom is 0.289 e. The Labute approximate surface area is 273 Å². The zero-order chi connectivity index (χ0) is 33.4. The predicted octanol–water partition coefficient (Wildman–Crippen LogP) is 2.77. The highest BCUT2D eigenvalue weighted by Gasteiger charge is 2.57. The lowest BCUT2D eigenvalue weighted by molar-refractivity contribution is -0.145. The molecule has 1 aromatic carbocycles. The zero-order valence-electron chi connectivity index (χ0n) is 26.7. The number of nitrogens with zero attached hydrogens (tertiary/aromatic N) is 3. The molecule has 2 heterocycles. The molecular weight excluding hydrogens is 612 g/mol. The number of carbonyl (C=O) groups is 5. The monoisotopic (exact) mass is 652 g/mol. The van der Waals surface area contributed by atoms with Crippen molar-refractivity contribution in [3.63, 3.8) is 0 Å². The highest BCUT2D eigenvalue weighted by Crippen LogP contribution is 2.46. The number of hydrogen-bond donors (Lipinski definition) is 3. The Kier molecular flexibility index (Phi) is 9.19. The molecule has 0 radical (unpaired) electrons. The van der Waals surface area contributed by atoms with Gasteiger partial charge in [-0.1, -0.05) is 63.0 Å². The third kappa shape index (κ3) is 7.04. The smallest absolute Gasteiger partial charge is 0.289 e. The summed E-state index contributed by atoms with van der Waals surface area (Å²) < 4.78 is 0. The summed E-state index contributed by atoms with van der Waals surface area (Å²) in [6.07, 6.45) is 3.57. The first-order valence-electron chi connectivity index (χ1n) is 15.9. The van der Waals surface area contributed by atoms with Gasteiger partial charge in [-0.15, -0.1) is 0 Å². The van der Waals surface area contributed by atoms with Crippen LogP contribution >= 0.6 is 11.6 Å². The summed E-state index contributed by atoms with van der Waals surface area (Å²) in [5.74, 6) is -3.11. The van der Waals surface area contributed by atoms with E-state index in [1.165, 1.54) is 4.90 Å². The number of rotatable bonds is 11. The maximum absolute atomic E-state index is 14.4. The first kappa shape index (κ1) is 33.4. The lowest BCUT2D eigenvalue weighted by atomic mass is 9.85. The summed E-state index contributed by atoms with van der Waals surface area (Å²) in [6, 6.07) is 5.95.